The largest absolute Gasteiger partial charge is 0.469 e. The van der Waals surface area contributed by atoms with Crippen molar-refractivity contribution < 1.29 is 18.7 Å². The highest BCUT2D eigenvalue weighted by Crippen LogP contribution is 2.22. The topological polar surface area (TPSA) is 59.5 Å². The third-order valence-corrected chi connectivity index (χ3v) is 3.45. The monoisotopic (exact) mass is 280 g/mol. The molecule has 6 heteroatoms. The fourth-order valence-electron chi connectivity index (χ4n) is 2.43. The van der Waals surface area contributed by atoms with Gasteiger partial charge in [0.05, 0.1) is 13.5 Å². The van der Waals surface area contributed by atoms with Gasteiger partial charge in [0, 0.05) is 12.6 Å². The zero-order chi connectivity index (χ0) is 14.5. The van der Waals surface area contributed by atoms with E-state index < -0.39 is 5.95 Å². The fourth-order valence-corrected chi connectivity index (χ4v) is 2.43. The first kappa shape index (κ1) is 14.4. The maximum Gasteiger partial charge on any atom is 0.307 e. The molecular formula is C14H17FN2O3. The number of nitrogens with zero attached hydrogens (tertiary/aromatic N) is 2. The fraction of sp³-hybridized carbons (Fsp3) is 0.500. The Balaban J connectivity index is 2.15. The Morgan fingerprint density at radius 3 is 2.95 bits per heavy atom. The molecule has 0 N–H and O–H groups in total. The van der Waals surface area contributed by atoms with Gasteiger partial charge in [0.25, 0.3) is 5.91 Å². The van der Waals surface area contributed by atoms with Crippen LogP contribution in [-0.2, 0) is 9.53 Å². The van der Waals surface area contributed by atoms with E-state index in [1.54, 1.807) is 4.90 Å². The van der Waals surface area contributed by atoms with Gasteiger partial charge < -0.3 is 9.64 Å². The Hall–Kier alpha value is -1.98. The molecular weight excluding hydrogens is 263 g/mol. The number of rotatable bonds is 3. The first-order valence-corrected chi connectivity index (χ1v) is 6.62. The number of likely N-dealkylation sites (tertiary alicyclic amines) is 1. The molecule has 0 aliphatic carbocycles. The lowest BCUT2D eigenvalue weighted by Gasteiger charge is -2.35. The molecule has 1 aliphatic rings. The minimum atomic E-state index is -0.683. The molecule has 2 heterocycles. The summed E-state index contributed by atoms with van der Waals surface area (Å²) in [6.45, 7) is 0.554. The van der Waals surface area contributed by atoms with Gasteiger partial charge in [-0.25, -0.2) is 4.98 Å². The van der Waals surface area contributed by atoms with Crippen molar-refractivity contribution in [3.63, 3.8) is 0 Å². The molecule has 1 saturated heterocycles. The number of pyridine rings is 1. The number of methoxy groups -OCH3 is 1. The summed E-state index contributed by atoms with van der Waals surface area (Å²) in [6.07, 6.45) is 2.74. The highest BCUT2D eigenvalue weighted by Gasteiger charge is 2.30. The summed E-state index contributed by atoms with van der Waals surface area (Å²) in [5.41, 5.74) is 0.0711. The molecule has 2 rings (SSSR count). The average Bonchev–Trinajstić information content (AvgIpc) is 2.47. The molecule has 0 aromatic carbocycles. The second kappa shape index (κ2) is 6.45. The summed E-state index contributed by atoms with van der Waals surface area (Å²) in [5, 5.41) is 0. The van der Waals surface area contributed by atoms with Gasteiger partial charge in [0.1, 0.15) is 5.69 Å². The van der Waals surface area contributed by atoms with Crippen LogP contribution in [0.1, 0.15) is 36.2 Å². The lowest BCUT2D eigenvalue weighted by atomic mass is 9.99. The van der Waals surface area contributed by atoms with E-state index >= 15 is 0 Å². The second-order valence-corrected chi connectivity index (χ2v) is 4.77. The number of hydrogen-bond donors (Lipinski definition) is 0. The lowest BCUT2D eigenvalue weighted by Crippen LogP contribution is -2.45. The SMILES string of the molecule is COC(=O)CC1CCCCN1C(=O)c1cccc(F)n1. The van der Waals surface area contributed by atoms with Crippen molar-refractivity contribution >= 4 is 11.9 Å². The number of amides is 1. The highest BCUT2D eigenvalue weighted by atomic mass is 19.1. The number of halogens is 1. The van der Waals surface area contributed by atoms with Crippen molar-refractivity contribution in [2.24, 2.45) is 0 Å². The molecule has 1 unspecified atom stereocenters. The van der Waals surface area contributed by atoms with E-state index in [2.05, 4.69) is 9.72 Å². The Morgan fingerprint density at radius 2 is 2.25 bits per heavy atom. The first-order valence-electron chi connectivity index (χ1n) is 6.62. The van der Waals surface area contributed by atoms with Crippen molar-refractivity contribution in [3.05, 3.63) is 29.8 Å². The van der Waals surface area contributed by atoms with E-state index in [0.717, 1.165) is 19.3 Å². The summed E-state index contributed by atoms with van der Waals surface area (Å²) in [4.78, 5) is 29.0. The zero-order valence-corrected chi connectivity index (χ0v) is 11.3. The minimum Gasteiger partial charge on any atom is -0.469 e. The summed E-state index contributed by atoms with van der Waals surface area (Å²) >= 11 is 0. The van der Waals surface area contributed by atoms with Crippen LogP contribution in [0.15, 0.2) is 18.2 Å². The van der Waals surface area contributed by atoms with E-state index in [-0.39, 0.29) is 30.0 Å². The summed E-state index contributed by atoms with van der Waals surface area (Å²) < 4.78 is 17.8. The second-order valence-electron chi connectivity index (χ2n) is 4.77. The molecule has 1 aromatic rings. The quantitative estimate of drug-likeness (QED) is 0.625. The van der Waals surface area contributed by atoms with E-state index in [1.807, 2.05) is 0 Å². The maximum atomic E-state index is 13.1. The first-order chi connectivity index (χ1) is 9.61. The number of esters is 1. The Morgan fingerprint density at radius 1 is 1.45 bits per heavy atom. The maximum absolute atomic E-state index is 13.1. The van der Waals surface area contributed by atoms with Gasteiger partial charge in [-0.05, 0) is 31.4 Å². The predicted molar refractivity (Wildman–Crippen MR) is 69.5 cm³/mol. The van der Waals surface area contributed by atoms with E-state index in [1.165, 1.54) is 25.3 Å². The highest BCUT2D eigenvalue weighted by molar-refractivity contribution is 5.92. The van der Waals surface area contributed by atoms with Gasteiger partial charge in [-0.15, -0.1) is 0 Å². The smallest absolute Gasteiger partial charge is 0.307 e. The van der Waals surface area contributed by atoms with Crippen LogP contribution >= 0.6 is 0 Å². The van der Waals surface area contributed by atoms with Crippen LogP contribution in [0, 0.1) is 5.95 Å². The number of piperidine rings is 1. The van der Waals surface area contributed by atoms with Gasteiger partial charge >= 0.3 is 5.97 Å². The van der Waals surface area contributed by atoms with E-state index in [9.17, 15) is 14.0 Å². The number of ether oxygens (including phenoxy) is 1. The third kappa shape index (κ3) is 3.31. The molecule has 1 aliphatic heterocycles. The summed E-state index contributed by atoms with van der Waals surface area (Å²) in [5.74, 6) is -1.36. The Labute approximate surface area is 116 Å². The van der Waals surface area contributed by atoms with Crippen LogP contribution in [-0.4, -0.2) is 41.5 Å². The van der Waals surface area contributed by atoms with Crippen molar-refractivity contribution in [3.8, 4) is 0 Å². The van der Waals surface area contributed by atoms with Crippen molar-refractivity contribution in [2.45, 2.75) is 31.7 Å². The summed E-state index contributed by atoms with van der Waals surface area (Å²) in [7, 11) is 1.32. The van der Waals surface area contributed by atoms with E-state index in [4.69, 9.17) is 0 Å². The molecule has 1 aromatic heterocycles. The molecule has 1 atom stereocenters. The minimum absolute atomic E-state index is 0.0711. The van der Waals surface area contributed by atoms with Gasteiger partial charge in [0.2, 0.25) is 5.95 Å². The number of aromatic nitrogens is 1. The Bertz CT molecular complexity index is 507. The molecule has 0 spiro atoms. The van der Waals surface area contributed by atoms with Crippen molar-refractivity contribution in [1.29, 1.82) is 0 Å². The molecule has 20 heavy (non-hydrogen) atoms. The van der Waals surface area contributed by atoms with Gasteiger partial charge in [-0.1, -0.05) is 6.07 Å². The number of hydrogen-bond acceptors (Lipinski definition) is 4. The van der Waals surface area contributed by atoms with Crippen molar-refractivity contribution in [1.82, 2.24) is 9.88 Å². The van der Waals surface area contributed by atoms with Crippen LogP contribution in [0.2, 0.25) is 0 Å². The van der Waals surface area contributed by atoms with Crippen LogP contribution in [0.4, 0.5) is 4.39 Å². The standard InChI is InChI=1S/C14H17FN2O3/c1-20-13(18)9-10-5-2-3-8-17(10)14(19)11-6-4-7-12(15)16-11/h4,6-7,10H,2-3,5,8-9H2,1H3. The molecule has 1 amide bonds. The zero-order valence-electron chi connectivity index (χ0n) is 11.3. The average molecular weight is 280 g/mol. The van der Waals surface area contributed by atoms with Crippen molar-refractivity contribution in [2.75, 3.05) is 13.7 Å². The number of carbonyl (C=O) groups excluding carboxylic acids is 2. The van der Waals surface area contributed by atoms with E-state index in [0.29, 0.717) is 6.54 Å². The number of carbonyl (C=O) groups is 2. The molecule has 108 valence electrons. The molecule has 0 saturated carbocycles. The van der Waals surface area contributed by atoms with Gasteiger partial charge in [0.15, 0.2) is 0 Å². The molecule has 0 radical (unpaired) electrons. The van der Waals surface area contributed by atoms with Crippen LogP contribution < -0.4 is 0 Å². The third-order valence-electron chi connectivity index (χ3n) is 3.45. The predicted octanol–water partition coefficient (Wildman–Crippen LogP) is 1.78. The summed E-state index contributed by atoms with van der Waals surface area (Å²) in [6, 6.07) is 3.93. The van der Waals surface area contributed by atoms with Crippen LogP contribution in [0.3, 0.4) is 0 Å². The Kier molecular flexibility index (Phi) is 4.65. The normalized spacial score (nSPS) is 18.7. The molecule has 5 nitrogen and oxygen atoms in total. The van der Waals surface area contributed by atoms with Gasteiger partial charge in [-0.2, -0.15) is 4.39 Å². The van der Waals surface area contributed by atoms with Crippen LogP contribution in [0.5, 0.6) is 0 Å². The lowest BCUT2D eigenvalue weighted by molar-refractivity contribution is -0.142. The molecule has 0 bridgehead atoms. The van der Waals surface area contributed by atoms with Crippen LogP contribution in [0.25, 0.3) is 0 Å². The van der Waals surface area contributed by atoms with Gasteiger partial charge in [-0.3, -0.25) is 9.59 Å². The molecule has 1 fully saturated rings.